The molecule has 4 nitrogen and oxygen atoms in total. The number of aliphatic imine (C=N–C) groups is 1. The van der Waals surface area contributed by atoms with E-state index in [9.17, 15) is 4.79 Å². The molecule has 4 heteroatoms. The third kappa shape index (κ3) is 2.81. The predicted molar refractivity (Wildman–Crippen MR) is 144 cm³/mol. The number of methoxy groups -OCH3 is 2. The van der Waals surface area contributed by atoms with Crippen LogP contribution < -0.4 is 9.47 Å². The molecule has 4 aromatic carbocycles. The minimum Gasteiger partial charge on any atom is -0.493 e. The van der Waals surface area contributed by atoms with Crippen molar-refractivity contribution in [3.63, 3.8) is 0 Å². The largest absolute Gasteiger partial charge is 0.493 e. The van der Waals surface area contributed by atoms with E-state index in [1.165, 1.54) is 33.0 Å². The number of ketones is 1. The Kier molecular flexibility index (Phi) is 4.50. The molecule has 0 fully saturated rings. The average molecular weight is 472 g/mol. The van der Waals surface area contributed by atoms with Crippen molar-refractivity contribution >= 4 is 33.5 Å². The monoisotopic (exact) mass is 471 g/mol. The van der Waals surface area contributed by atoms with Gasteiger partial charge in [-0.05, 0) is 69.1 Å². The van der Waals surface area contributed by atoms with Crippen molar-refractivity contribution in [3.05, 3.63) is 94.6 Å². The second-order valence-electron chi connectivity index (χ2n) is 9.74. The predicted octanol–water partition coefficient (Wildman–Crippen LogP) is 7.29. The van der Waals surface area contributed by atoms with Gasteiger partial charge in [0.25, 0.3) is 0 Å². The van der Waals surface area contributed by atoms with Crippen molar-refractivity contribution in [1.82, 2.24) is 0 Å². The summed E-state index contributed by atoms with van der Waals surface area (Å²) in [5.41, 5.74) is 10.5. The summed E-state index contributed by atoms with van der Waals surface area (Å²) in [6, 6.07) is 21.1. The molecular weight excluding hydrogens is 446 g/mol. The van der Waals surface area contributed by atoms with E-state index < -0.39 is 0 Å². The molecule has 176 valence electrons. The van der Waals surface area contributed by atoms with Crippen LogP contribution in [0.25, 0.3) is 27.5 Å². The number of fused-ring (bicyclic) bond motifs is 3. The zero-order chi connectivity index (χ0) is 24.6. The number of hydrogen-bond acceptors (Lipinski definition) is 4. The second-order valence-corrected chi connectivity index (χ2v) is 9.74. The molecule has 0 saturated carbocycles. The van der Waals surface area contributed by atoms with E-state index in [4.69, 9.17) is 14.5 Å². The van der Waals surface area contributed by atoms with Crippen molar-refractivity contribution in [2.75, 3.05) is 14.2 Å². The highest BCUT2D eigenvalue weighted by Crippen LogP contribution is 2.53. The van der Waals surface area contributed by atoms with E-state index >= 15 is 0 Å². The van der Waals surface area contributed by atoms with E-state index in [0.717, 1.165) is 40.1 Å². The van der Waals surface area contributed by atoms with Gasteiger partial charge in [-0.15, -0.1) is 0 Å². The van der Waals surface area contributed by atoms with Crippen LogP contribution in [0.2, 0.25) is 0 Å². The first-order chi connectivity index (χ1) is 17.6. The molecule has 1 heterocycles. The van der Waals surface area contributed by atoms with Crippen LogP contribution in [0.3, 0.4) is 0 Å². The first kappa shape index (κ1) is 21.1. The number of carbonyl (C=O) groups excluding carboxylic acids is 1. The third-order valence-corrected chi connectivity index (χ3v) is 7.94. The van der Waals surface area contributed by atoms with Gasteiger partial charge in [0.05, 0.1) is 19.9 Å². The van der Waals surface area contributed by atoms with Gasteiger partial charge < -0.3 is 9.47 Å². The van der Waals surface area contributed by atoms with Gasteiger partial charge in [0.2, 0.25) is 0 Å². The number of rotatable bonds is 2. The lowest BCUT2D eigenvalue weighted by Gasteiger charge is -2.34. The topological polar surface area (TPSA) is 47.9 Å². The Morgan fingerprint density at radius 1 is 0.889 bits per heavy atom. The molecule has 1 unspecified atom stereocenters. The van der Waals surface area contributed by atoms with Crippen LogP contribution in [0.15, 0.2) is 71.7 Å². The molecule has 3 aliphatic rings. The summed E-state index contributed by atoms with van der Waals surface area (Å²) in [7, 11) is 3.23. The van der Waals surface area contributed by atoms with Crippen molar-refractivity contribution in [1.29, 1.82) is 0 Å². The van der Waals surface area contributed by atoms with Crippen molar-refractivity contribution in [3.8, 4) is 22.6 Å². The summed E-state index contributed by atoms with van der Waals surface area (Å²) >= 11 is 0. The van der Waals surface area contributed by atoms with Gasteiger partial charge in [-0.2, -0.15) is 0 Å². The van der Waals surface area contributed by atoms with Crippen LogP contribution in [0.5, 0.6) is 11.5 Å². The summed E-state index contributed by atoms with van der Waals surface area (Å²) in [6.07, 6.45) is 3.42. The maximum Gasteiger partial charge on any atom is 0.167 e. The Morgan fingerprint density at radius 2 is 1.64 bits per heavy atom. The number of allylic oxidation sites excluding steroid dienone is 2. The molecule has 1 aliphatic heterocycles. The lowest BCUT2D eigenvalue weighted by Crippen LogP contribution is -2.20. The highest BCUT2D eigenvalue weighted by Gasteiger charge is 2.35. The van der Waals surface area contributed by atoms with Gasteiger partial charge in [0.15, 0.2) is 17.3 Å². The summed E-state index contributed by atoms with van der Waals surface area (Å²) in [6.45, 7) is 2.04. The Bertz CT molecular complexity index is 1690. The summed E-state index contributed by atoms with van der Waals surface area (Å²) < 4.78 is 11.1. The van der Waals surface area contributed by atoms with Crippen molar-refractivity contribution < 1.29 is 14.3 Å². The average Bonchev–Trinajstić information content (AvgIpc) is 2.95. The molecular formula is C32H25NO3. The lowest BCUT2D eigenvalue weighted by molar-refractivity contribution is 0.0992. The van der Waals surface area contributed by atoms with Gasteiger partial charge in [-0.25, -0.2) is 0 Å². The minimum absolute atomic E-state index is 0.0924. The first-order valence-electron chi connectivity index (χ1n) is 12.3. The minimum atomic E-state index is 0.0924. The van der Waals surface area contributed by atoms with Crippen LogP contribution in [-0.2, 0) is 6.42 Å². The zero-order valence-corrected chi connectivity index (χ0v) is 20.5. The van der Waals surface area contributed by atoms with E-state index in [1.54, 1.807) is 14.2 Å². The summed E-state index contributed by atoms with van der Waals surface area (Å²) in [5, 5.41) is 2.60. The summed E-state index contributed by atoms with van der Waals surface area (Å²) in [5.74, 6) is 1.53. The highest BCUT2D eigenvalue weighted by molar-refractivity contribution is 6.27. The number of Topliss-reactive ketones (excluding diaryl/α,β-unsaturated/α-hetero) is 1. The summed E-state index contributed by atoms with van der Waals surface area (Å²) in [4.78, 5) is 18.9. The van der Waals surface area contributed by atoms with Crippen LogP contribution in [0.4, 0.5) is 5.69 Å². The molecule has 0 amide bonds. The molecule has 2 aliphatic carbocycles. The molecule has 0 radical (unpaired) electrons. The highest BCUT2D eigenvalue weighted by atomic mass is 16.5. The number of hydrogen-bond donors (Lipinski definition) is 0. The van der Waals surface area contributed by atoms with Crippen LogP contribution in [0.1, 0.15) is 51.9 Å². The van der Waals surface area contributed by atoms with E-state index in [2.05, 4.69) is 48.5 Å². The lowest BCUT2D eigenvalue weighted by atomic mass is 9.68. The molecule has 0 N–H and O–H groups in total. The normalized spacial score (nSPS) is 18.6. The number of nitrogens with zero attached hydrogens (tertiary/aromatic N) is 1. The smallest absolute Gasteiger partial charge is 0.167 e. The van der Waals surface area contributed by atoms with Crippen LogP contribution in [-0.4, -0.2) is 25.7 Å². The molecule has 0 bridgehead atoms. The number of carbonyl (C=O) groups is 1. The molecule has 7 rings (SSSR count). The maximum atomic E-state index is 13.9. The van der Waals surface area contributed by atoms with E-state index in [-0.39, 0.29) is 18.1 Å². The number of benzene rings is 4. The quantitative estimate of drug-likeness (QED) is 0.308. The molecule has 36 heavy (non-hydrogen) atoms. The fraction of sp³-hybridized carbons (Fsp3) is 0.188. The molecule has 1 atom stereocenters. The Balaban J connectivity index is 1.52. The van der Waals surface area contributed by atoms with Gasteiger partial charge in [-0.1, -0.05) is 54.6 Å². The SMILES string of the molecule is COc1cc2c(cc1OC)/N=C(\C)C1=CCC3c4c(ccc(c41)C(=O)C2)-c1cccc2cccc3c12. The van der Waals surface area contributed by atoms with Crippen molar-refractivity contribution in [2.24, 2.45) is 4.99 Å². The van der Waals surface area contributed by atoms with Crippen molar-refractivity contribution in [2.45, 2.75) is 25.7 Å². The van der Waals surface area contributed by atoms with Gasteiger partial charge in [-0.3, -0.25) is 9.79 Å². The van der Waals surface area contributed by atoms with Gasteiger partial charge in [0.1, 0.15) is 0 Å². The molecule has 0 saturated heterocycles. The van der Waals surface area contributed by atoms with Gasteiger partial charge >= 0.3 is 0 Å². The zero-order valence-electron chi connectivity index (χ0n) is 20.5. The fourth-order valence-electron chi connectivity index (χ4n) is 6.36. The molecule has 4 aromatic rings. The third-order valence-electron chi connectivity index (χ3n) is 7.94. The Hall–Kier alpha value is -4.18. The van der Waals surface area contributed by atoms with E-state index in [1.807, 2.05) is 25.1 Å². The fourth-order valence-corrected chi connectivity index (χ4v) is 6.36. The Labute approximate surface area is 209 Å². The van der Waals surface area contributed by atoms with E-state index in [0.29, 0.717) is 11.5 Å². The standard InChI is InChI=1S/C32H25NO3/c1-17-20-10-11-23-21-8-4-6-18-7-5-9-22(30(18)21)24-12-13-25(31(20)32(23)24)27(34)14-19-15-28(35-2)29(36-3)16-26(19)33-17/h4-10,12-13,15-16,23H,11,14H2,1-3H3/b33-17+. The Morgan fingerprint density at radius 3 is 2.44 bits per heavy atom. The molecule has 0 aromatic heterocycles. The first-order valence-corrected chi connectivity index (χ1v) is 12.3. The second kappa shape index (κ2) is 7.66. The van der Waals surface area contributed by atoms with Crippen LogP contribution >= 0.6 is 0 Å². The van der Waals surface area contributed by atoms with Crippen LogP contribution in [0, 0.1) is 0 Å². The van der Waals surface area contributed by atoms with Gasteiger partial charge in [0, 0.05) is 29.7 Å². The number of ether oxygens (including phenoxy) is 2. The maximum absolute atomic E-state index is 13.9. The molecule has 0 spiro atoms.